The first-order valence-corrected chi connectivity index (χ1v) is 8.08. The van der Waals surface area contributed by atoms with Crippen LogP contribution in [0.3, 0.4) is 0 Å². The Morgan fingerprint density at radius 2 is 1.83 bits per heavy atom. The Hall–Kier alpha value is -2.76. The molecule has 1 heterocycles. The minimum atomic E-state index is -0.205. The smallest absolute Gasteiger partial charge is 0.270 e. The number of aromatic nitrogens is 2. The number of amides is 1. The van der Waals surface area contributed by atoms with E-state index in [1.54, 1.807) is 30.3 Å². The molecule has 2 aromatic rings. The van der Waals surface area contributed by atoms with Crippen molar-refractivity contribution < 1.29 is 9.59 Å². The molecule has 0 saturated heterocycles. The van der Waals surface area contributed by atoms with Crippen LogP contribution in [0.1, 0.15) is 54.0 Å². The van der Waals surface area contributed by atoms with Crippen LogP contribution in [0.15, 0.2) is 36.7 Å². The third-order valence-electron chi connectivity index (χ3n) is 3.53. The summed E-state index contributed by atoms with van der Waals surface area (Å²) < 4.78 is 0. The number of rotatable bonds is 8. The highest BCUT2D eigenvalue weighted by molar-refractivity contribution is 5.94. The van der Waals surface area contributed by atoms with Crippen LogP contribution in [0.25, 0.3) is 0 Å². The summed E-state index contributed by atoms with van der Waals surface area (Å²) in [6.07, 6.45) is 4.52. The molecule has 0 bridgehead atoms. The number of anilines is 2. The average Bonchev–Trinajstić information content (AvgIpc) is 2.59. The van der Waals surface area contributed by atoms with Gasteiger partial charge in [0.25, 0.3) is 5.91 Å². The zero-order valence-electron chi connectivity index (χ0n) is 14.0. The maximum atomic E-state index is 12.1. The van der Waals surface area contributed by atoms with Crippen molar-refractivity contribution in [1.29, 1.82) is 0 Å². The van der Waals surface area contributed by atoms with Crippen molar-refractivity contribution in [2.45, 2.75) is 33.1 Å². The van der Waals surface area contributed by atoms with Crippen molar-refractivity contribution in [2.75, 3.05) is 11.9 Å². The van der Waals surface area contributed by atoms with E-state index in [-0.39, 0.29) is 11.7 Å². The van der Waals surface area contributed by atoms with Gasteiger partial charge in [-0.25, -0.2) is 9.97 Å². The Bertz CT molecular complexity index is 698. The van der Waals surface area contributed by atoms with Gasteiger partial charge in [-0.05, 0) is 37.6 Å². The molecule has 2 rings (SSSR count). The number of unbranched alkanes of at least 4 members (excludes halogenated alkanes) is 2. The zero-order chi connectivity index (χ0) is 17.4. The van der Waals surface area contributed by atoms with Crippen LogP contribution < -0.4 is 10.6 Å². The molecule has 0 spiro atoms. The monoisotopic (exact) mass is 326 g/mol. The largest absolute Gasteiger partial charge is 0.351 e. The van der Waals surface area contributed by atoms with Gasteiger partial charge in [0.2, 0.25) is 0 Å². The summed E-state index contributed by atoms with van der Waals surface area (Å²) in [7, 11) is 0. The lowest BCUT2D eigenvalue weighted by molar-refractivity contribution is 0.0947. The fourth-order valence-electron chi connectivity index (χ4n) is 2.15. The van der Waals surface area contributed by atoms with E-state index >= 15 is 0 Å². The van der Waals surface area contributed by atoms with Crippen LogP contribution in [-0.4, -0.2) is 28.2 Å². The third kappa shape index (κ3) is 5.15. The van der Waals surface area contributed by atoms with Crippen LogP contribution in [0.2, 0.25) is 0 Å². The maximum absolute atomic E-state index is 12.1. The minimum absolute atomic E-state index is 0.0191. The van der Waals surface area contributed by atoms with Gasteiger partial charge in [-0.1, -0.05) is 19.8 Å². The highest BCUT2D eigenvalue weighted by Crippen LogP contribution is 2.15. The average molecular weight is 326 g/mol. The molecule has 0 aliphatic rings. The first kappa shape index (κ1) is 17.6. The lowest BCUT2D eigenvalue weighted by atomic mass is 10.1. The Morgan fingerprint density at radius 1 is 1.08 bits per heavy atom. The number of Topliss-reactive ketones (excluding diaryl/α,β-unsaturated/α-hetero) is 1. The summed E-state index contributed by atoms with van der Waals surface area (Å²) >= 11 is 0. The van der Waals surface area contributed by atoms with E-state index in [1.165, 1.54) is 13.3 Å². The Kier molecular flexibility index (Phi) is 6.42. The Morgan fingerprint density at radius 3 is 2.50 bits per heavy atom. The van der Waals surface area contributed by atoms with Crippen molar-refractivity contribution in [3.8, 4) is 0 Å². The van der Waals surface area contributed by atoms with E-state index in [2.05, 4.69) is 27.5 Å². The molecule has 0 aliphatic carbocycles. The minimum Gasteiger partial charge on any atom is -0.351 e. The third-order valence-corrected chi connectivity index (χ3v) is 3.53. The fourth-order valence-corrected chi connectivity index (χ4v) is 2.15. The van der Waals surface area contributed by atoms with E-state index in [0.29, 0.717) is 23.6 Å². The van der Waals surface area contributed by atoms with Crippen molar-refractivity contribution in [3.63, 3.8) is 0 Å². The summed E-state index contributed by atoms with van der Waals surface area (Å²) in [4.78, 5) is 31.5. The van der Waals surface area contributed by atoms with Crippen LogP contribution in [0, 0.1) is 0 Å². The fraction of sp³-hybridized carbons (Fsp3) is 0.333. The van der Waals surface area contributed by atoms with E-state index < -0.39 is 0 Å². The second-order valence-corrected chi connectivity index (χ2v) is 5.51. The van der Waals surface area contributed by atoms with E-state index in [0.717, 1.165) is 24.9 Å². The van der Waals surface area contributed by atoms with Gasteiger partial charge in [0, 0.05) is 23.9 Å². The van der Waals surface area contributed by atoms with E-state index in [4.69, 9.17) is 0 Å². The number of ketones is 1. The summed E-state index contributed by atoms with van der Waals surface area (Å²) in [5.41, 5.74) is 1.76. The first-order chi connectivity index (χ1) is 11.6. The molecule has 0 fully saturated rings. The summed E-state index contributed by atoms with van der Waals surface area (Å²) in [5.74, 6) is 0.341. The molecule has 6 nitrogen and oxygen atoms in total. The number of nitrogens with one attached hydrogen (secondary N) is 2. The highest BCUT2D eigenvalue weighted by atomic mass is 16.1. The molecule has 1 aromatic carbocycles. The predicted molar refractivity (Wildman–Crippen MR) is 93.6 cm³/mol. The van der Waals surface area contributed by atoms with E-state index in [9.17, 15) is 9.59 Å². The Balaban J connectivity index is 1.99. The van der Waals surface area contributed by atoms with Crippen molar-refractivity contribution >= 4 is 23.2 Å². The number of hydrogen-bond donors (Lipinski definition) is 2. The topological polar surface area (TPSA) is 84.0 Å². The normalized spacial score (nSPS) is 10.2. The van der Waals surface area contributed by atoms with Crippen molar-refractivity contribution in [1.82, 2.24) is 15.3 Å². The molecular weight excluding hydrogens is 304 g/mol. The van der Waals surface area contributed by atoms with Crippen LogP contribution in [0.5, 0.6) is 0 Å². The number of nitrogens with zero attached hydrogens (tertiary/aromatic N) is 2. The molecule has 0 unspecified atom stereocenters. The molecule has 1 amide bonds. The molecule has 1 aromatic heterocycles. The van der Waals surface area contributed by atoms with Crippen LogP contribution >= 0.6 is 0 Å². The SMILES string of the molecule is CCCCCNC(=O)c1cc(Nc2ccc(C(C)=O)cc2)ncn1. The zero-order valence-corrected chi connectivity index (χ0v) is 14.0. The molecule has 0 atom stereocenters. The molecule has 0 saturated carbocycles. The molecule has 126 valence electrons. The predicted octanol–water partition coefficient (Wildman–Crippen LogP) is 3.34. The first-order valence-electron chi connectivity index (χ1n) is 8.08. The second-order valence-electron chi connectivity index (χ2n) is 5.51. The summed E-state index contributed by atoms with van der Waals surface area (Å²) in [6, 6.07) is 8.68. The van der Waals surface area contributed by atoms with Crippen LogP contribution in [-0.2, 0) is 0 Å². The second kappa shape index (κ2) is 8.76. The molecule has 2 N–H and O–H groups in total. The van der Waals surface area contributed by atoms with Crippen molar-refractivity contribution in [2.24, 2.45) is 0 Å². The van der Waals surface area contributed by atoms with Gasteiger partial charge >= 0.3 is 0 Å². The molecule has 6 heteroatoms. The lowest BCUT2D eigenvalue weighted by Crippen LogP contribution is -2.25. The van der Waals surface area contributed by atoms with Gasteiger partial charge < -0.3 is 10.6 Å². The number of hydrogen-bond acceptors (Lipinski definition) is 5. The van der Waals surface area contributed by atoms with Gasteiger partial charge in [0.1, 0.15) is 17.8 Å². The number of benzene rings is 1. The van der Waals surface area contributed by atoms with Gasteiger partial charge in [-0.2, -0.15) is 0 Å². The molecular formula is C18H22N4O2. The molecule has 24 heavy (non-hydrogen) atoms. The van der Waals surface area contributed by atoms with E-state index in [1.807, 2.05) is 0 Å². The van der Waals surface area contributed by atoms with Gasteiger partial charge in [-0.15, -0.1) is 0 Å². The Labute approximate surface area is 141 Å². The maximum Gasteiger partial charge on any atom is 0.270 e. The standard InChI is InChI=1S/C18H22N4O2/c1-3-4-5-10-19-18(24)16-11-17(21-12-20-16)22-15-8-6-14(7-9-15)13(2)23/h6-9,11-12H,3-5,10H2,1-2H3,(H,19,24)(H,20,21,22). The van der Waals surface area contributed by atoms with Crippen LogP contribution in [0.4, 0.5) is 11.5 Å². The lowest BCUT2D eigenvalue weighted by Gasteiger charge is -2.08. The summed E-state index contributed by atoms with van der Waals surface area (Å²) in [5, 5.41) is 5.95. The van der Waals surface area contributed by atoms with Gasteiger partial charge in [0.15, 0.2) is 5.78 Å². The number of carbonyl (C=O) groups excluding carboxylic acids is 2. The molecule has 0 radical (unpaired) electrons. The number of carbonyl (C=O) groups is 2. The van der Waals surface area contributed by atoms with Crippen molar-refractivity contribution in [3.05, 3.63) is 47.9 Å². The van der Waals surface area contributed by atoms with Gasteiger partial charge in [-0.3, -0.25) is 9.59 Å². The quantitative estimate of drug-likeness (QED) is 0.574. The summed E-state index contributed by atoms with van der Waals surface area (Å²) in [6.45, 7) is 4.29. The highest BCUT2D eigenvalue weighted by Gasteiger charge is 2.08. The van der Waals surface area contributed by atoms with Gasteiger partial charge in [0.05, 0.1) is 0 Å². The molecule has 0 aliphatic heterocycles.